The van der Waals surface area contributed by atoms with Crippen LogP contribution in [0, 0.1) is 5.92 Å². The Balaban J connectivity index is -0.000000152. The van der Waals surface area contributed by atoms with E-state index in [0.717, 1.165) is 0 Å². The first-order valence-corrected chi connectivity index (χ1v) is 6.94. The fourth-order valence-corrected chi connectivity index (χ4v) is 1.13. The normalized spacial score (nSPS) is 14.7. The first-order valence-electron chi connectivity index (χ1n) is 6.94. The summed E-state index contributed by atoms with van der Waals surface area (Å²) in [5.41, 5.74) is 0. The molecule has 1 aliphatic heterocycles. The number of nitrogens with zero attached hydrogens (tertiary/aromatic N) is 5. The molecule has 1 aliphatic rings. The maximum atomic E-state index is 5.11. The third-order valence-corrected chi connectivity index (χ3v) is 1.87. The van der Waals surface area contributed by atoms with Crippen molar-refractivity contribution in [3.05, 3.63) is 33.4 Å². The first-order chi connectivity index (χ1) is 10.4. The van der Waals surface area contributed by atoms with Crippen LogP contribution in [0.25, 0.3) is 21.3 Å². The molecular weight excluding hydrogens is 330 g/mol. The minimum absolute atomic E-state index is 0. The second-order valence-electron chi connectivity index (χ2n) is 4.50. The Labute approximate surface area is 157 Å². The average Bonchev–Trinajstić information content (AvgIpc) is 2.49. The van der Waals surface area contributed by atoms with E-state index >= 15 is 0 Å². The van der Waals surface area contributed by atoms with Crippen LogP contribution in [-0.2, 0) is 31.2 Å². The smallest absolute Gasteiger partial charge is 0.668 e. The summed E-state index contributed by atoms with van der Waals surface area (Å²) in [6, 6.07) is -0.0232. The van der Waals surface area contributed by atoms with E-state index in [1.807, 2.05) is 0 Å². The predicted octanol–water partition coefficient (Wildman–Crippen LogP) is 3.75. The fourth-order valence-electron chi connectivity index (χ4n) is 1.13. The summed E-state index contributed by atoms with van der Waals surface area (Å²) in [5, 5.41) is 14.8. The summed E-state index contributed by atoms with van der Waals surface area (Å²) >= 11 is 0. The second kappa shape index (κ2) is 23.7. The van der Waals surface area contributed by atoms with Crippen molar-refractivity contribution in [2.45, 2.75) is 19.9 Å². The van der Waals surface area contributed by atoms with Crippen LogP contribution in [0.2, 0.25) is 0 Å². The minimum Gasteiger partial charge on any atom is -0.668 e. The van der Waals surface area contributed by atoms with Gasteiger partial charge in [-0.15, -0.1) is 0 Å². The van der Waals surface area contributed by atoms with Crippen molar-refractivity contribution < 1.29 is 31.2 Å². The SMILES string of the molecule is COC1=CN=C(OC)[C@H](C(C)C)[N-]1.C[N-]C.C[N-]C.C[N-]C.[Ti+4]. The first kappa shape index (κ1) is 30.3. The summed E-state index contributed by atoms with van der Waals surface area (Å²) in [6.45, 7) is 4.14. The molecule has 0 bridgehead atoms. The molecule has 0 saturated carbocycles. The molecule has 0 amide bonds. The van der Waals surface area contributed by atoms with Crippen molar-refractivity contribution in [1.29, 1.82) is 0 Å². The summed E-state index contributed by atoms with van der Waals surface area (Å²) in [4.78, 5) is 4.12. The van der Waals surface area contributed by atoms with E-state index in [1.54, 1.807) is 62.7 Å². The number of methoxy groups -OCH3 is 2. The van der Waals surface area contributed by atoms with Crippen molar-refractivity contribution in [3.63, 3.8) is 0 Å². The number of hydrogen-bond donors (Lipinski definition) is 0. The largest absolute Gasteiger partial charge is 4.00 e. The van der Waals surface area contributed by atoms with E-state index in [2.05, 4.69) is 40.1 Å². The molecule has 0 aromatic rings. The number of ether oxygens (including phenoxy) is 2. The molecule has 1 heterocycles. The molecule has 1 atom stereocenters. The molecule has 7 nitrogen and oxygen atoms in total. The molecule has 8 heteroatoms. The van der Waals surface area contributed by atoms with Gasteiger partial charge in [0.1, 0.15) is 0 Å². The van der Waals surface area contributed by atoms with Crippen molar-refractivity contribution in [1.82, 2.24) is 0 Å². The maximum absolute atomic E-state index is 5.11. The Kier molecular flexibility index (Phi) is 31.2. The molecule has 0 spiro atoms. The Bertz CT molecular complexity index is 282. The zero-order valence-corrected chi connectivity index (χ0v) is 17.8. The van der Waals surface area contributed by atoms with E-state index in [1.165, 1.54) is 0 Å². The molecule has 0 aromatic carbocycles. The molecule has 23 heavy (non-hydrogen) atoms. The Hall–Kier alpha value is -0.596. The zero-order valence-electron chi connectivity index (χ0n) is 16.3. The maximum Gasteiger partial charge on any atom is 4.00 e. The quantitative estimate of drug-likeness (QED) is 0.700. The van der Waals surface area contributed by atoms with Crippen LogP contribution in [0.15, 0.2) is 17.1 Å². The molecule has 0 radical (unpaired) electrons. The number of hydrogen-bond acceptors (Lipinski definition) is 3. The van der Waals surface area contributed by atoms with E-state index in [9.17, 15) is 0 Å². The van der Waals surface area contributed by atoms with Crippen LogP contribution in [0.3, 0.4) is 0 Å². The fraction of sp³-hybridized carbons (Fsp3) is 0.800. The van der Waals surface area contributed by atoms with Crippen LogP contribution in [0.1, 0.15) is 13.8 Å². The van der Waals surface area contributed by atoms with Gasteiger partial charge in [-0.1, -0.05) is 19.8 Å². The summed E-state index contributed by atoms with van der Waals surface area (Å²) in [6.07, 6.45) is 1.57. The van der Waals surface area contributed by atoms with Gasteiger partial charge in [0.2, 0.25) is 0 Å². The Morgan fingerprint density at radius 2 is 1.35 bits per heavy atom. The van der Waals surface area contributed by atoms with Crippen molar-refractivity contribution in [2.75, 3.05) is 56.5 Å². The average molecular weight is 363 g/mol. The van der Waals surface area contributed by atoms with Gasteiger partial charge in [0, 0.05) is 5.88 Å². The third kappa shape index (κ3) is 19.4. The molecule has 1 rings (SSSR count). The molecular formula is C15H33N5O2Ti. The molecule has 134 valence electrons. The third-order valence-electron chi connectivity index (χ3n) is 1.87. The van der Waals surface area contributed by atoms with E-state index in [0.29, 0.717) is 17.7 Å². The van der Waals surface area contributed by atoms with Gasteiger partial charge >= 0.3 is 21.7 Å². The molecule has 0 aromatic heterocycles. The number of aliphatic imine (C=N–C) groups is 1. The Morgan fingerprint density at radius 3 is 1.61 bits per heavy atom. The van der Waals surface area contributed by atoms with Crippen molar-refractivity contribution in [2.24, 2.45) is 10.9 Å². The molecule has 0 N–H and O–H groups in total. The standard InChI is InChI=1S/C9H15N2O2.3C2H6N.Ti/c1-6(2)8-9(13-4)10-5-7(11-8)12-3;3*1-3-2;/h5-6,8H,1-4H3;3*1-2H3;/q4*-1;+4/t8-;;;;/m0..../s1. The topological polar surface area (TPSA) is 87.2 Å². The molecule has 0 unspecified atom stereocenters. The van der Waals surface area contributed by atoms with E-state index < -0.39 is 0 Å². The van der Waals surface area contributed by atoms with Gasteiger partial charge in [0.25, 0.3) is 0 Å². The number of rotatable bonds is 2. The Morgan fingerprint density at radius 1 is 0.957 bits per heavy atom. The van der Waals surface area contributed by atoms with Gasteiger partial charge in [0.05, 0.1) is 20.4 Å². The zero-order chi connectivity index (χ0) is 18.0. The van der Waals surface area contributed by atoms with Crippen LogP contribution in [0.5, 0.6) is 0 Å². The summed E-state index contributed by atoms with van der Waals surface area (Å²) in [5.74, 6) is 1.56. The van der Waals surface area contributed by atoms with Crippen molar-refractivity contribution >= 4 is 5.90 Å². The second-order valence-corrected chi connectivity index (χ2v) is 4.50. The molecule has 0 fully saturated rings. The predicted molar refractivity (Wildman–Crippen MR) is 97.1 cm³/mol. The molecule has 0 saturated heterocycles. The van der Waals surface area contributed by atoms with Crippen molar-refractivity contribution in [3.8, 4) is 0 Å². The monoisotopic (exact) mass is 363 g/mol. The van der Waals surface area contributed by atoms with Gasteiger partial charge in [-0.05, 0) is 6.04 Å². The minimum atomic E-state index is -0.0232. The summed E-state index contributed by atoms with van der Waals surface area (Å²) in [7, 11) is 13.7. The van der Waals surface area contributed by atoms with Crippen LogP contribution >= 0.6 is 0 Å². The van der Waals surface area contributed by atoms with Gasteiger partial charge in [-0.3, -0.25) is 0 Å². The summed E-state index contributed by atoms with van der Waals surface area (Å²) < 4.78 is 10.1. The molecule has 0 aliphatic carbocycles. The van der Waals surface area contributed by atoms with Crippen LogP contribution in [0.4, 0.5) is 0 Å². The van der Waals surface area contributed by atoms with Gasteiger partial charge in [-0.2, -0.15) is 42.3 Å². The van der Waals surface area contributed by atoms with Gasteiger partial charge < -0.3 is 30.7 Å². The van der Waals surface area contributed by atoms with Gasteiger partial charge in [0.15, 0.2) is 5.90 Å². The van der Waals surface area contributed by atoms with E-state index in [4.69, 9.17) is 9.47 Å². The van der Waals surface area contributed by atoms with Crippen LogP contribution < -0.4 is 0 Å². The van der Waals surface area contributed by atoms with E-state index in [-0.39, 0.29) is 27.8 Å². The van der Waals surface area contributed by atoms with Crippen LogP contribution in [-0.4, -0.2) is 68.4 Å². The van der Waals surface area contributed by atoms with Gasteiger partial charge in [-0.25, -0.2) is 4.99 Å².